The van der Waals surface area contributed by atoms with Crippen LogP contribution in [0.25, 0.3) is 0 Å². The zero-order chi connectivity index (χ0) is 26.7. The van der Waals surface area contributed by atoms with Crippen molar-refractivity contribution in [3.8, 4) is 0 Å². The van der Waals surface area contributed by atoms with Crippen LogP contribution in [0.15, 0.2) is 59.8 Å². The van der Waals surface area contributed by atoms with E-state index in [0.717, 1.165) is 5.92 Å². The second kappa shape index (κ2) is 11.8. The van der Waals surface area contributed by atoms with E-state index in [1.807, 2.05) is 6.08 Å². The molecule has 2 nitrogen and oxygen atoms in total. The molecular formula is C34H52O2. The first-order valence-corrected chi connectivity index (χ1v) is 14.4. The maximum absolute atomic E-state index is 11.5. The molecule has 0 aromatic carbocycles. The summed E-state index contributed by atoms with van der Waals surface area (Å²) in [4.78, 5) is 11.5. The van der Waals surface area contributed by atoms with Gasteiger partial charge < -0.3 is 4.74 Å². The molecule has 0 amide bonds. The number of ether oxygens (including phenoxy) is 1. The summed E-state index contributed by atoms with van der Waals surface area (Å²) in [5.74, 6) is 3.33. The standard InChI is InChI=1S/C34H52O2/c1-23-21-25(3)27(5)29(22-23)14-13-28-11-10-19-34(8)30(15-16-31(28)34)24(2)12-17-32(36-9)33(6,7)20-18-26(4)35/h12-14,17-18,20,23-25,30-32H,5,10-11,15-16,19,21-22H2,1-4,6-9H3/b17-12+,20-18+,28-13+,29-14-/t23-,24+,25-,30?,31?,32?,34+/m0/s1. The fourth-order valence-corrected chi connectivity index (χ4v) is 7.65. The Balaban J connectivity index is 1.75. The van der Waals surface area contributed by atoms with Crippen molar-refractivity contribution in [3.05, 3.63) is 59.8 Å². The fourth-order valence-electron chi connectivity index (χ4n) is 7.65. The van der Waals surface area contributed by atoms with Crippen LogP contribution in [0.1, 0.15) is 93.4 Å². The maximum Gasteiger partial charge on any atom is 0.152 e. The highest BCUT2D eigenvalue weighted by Crippen LogP contribution is 2.59. The Morgan fingerprint density at radius 3 is 2.58 bits per heavy atom. The monoisotopic (exact) mass is 492 g/mol. The second-order valence-electron chi connectivity index (χ2n) is 13.2. The van der Waals surface area contributed by atoms with Gasteiger partial charge in [-0.2, -0.15) is 0 Å². The molecule has 0 aliphatic heterocycles. The van der Waals surface area contributed by atoms with Gasteiger partial charge in [0, 0.05) is 12.5 Å². The lowest BCUT2D eigenvalue weighted by Crippen LogP contribution is -2.35. The van der Waals surface area contributed by atoms with Gasteiger partial charge in [-0.15, -0.1) is 0 Å². The smallest absolute Gasteiger partial charge is 0.152 e. The van der Waals surface area contributed by atoms with Crippen molar-refractivity contribution in [2.75, 3.05) is 7.11 Å². The molecule has 0 bridgehead atoms. The molecule has 0 heterocycles. The van der Waals surface area contributed by atoms with Crippen molar-refractivity contribution in [1.82, 2.24) is 0 Å². The molecule has 0 saturated heterocycles. The van der Waals surface area contributed by atoms with Gasteiger partial charge in [0.25, 0.3) is 0 Å². The quantitative estimate of drug-likeness (QED) is 0.249. The average molecular weight is 493 g/mol. The van der Waals surface area contributed by atoms with Crippen LogP contribution in [-0.2, 0) is 9.53 Å². The van der Waals surface area contributed by atoms with Crippen LogP contribution in [0, 0.1) is 40.4 Å². The van der Waals surface area contributed by atoms with Crippen LogP contribution in [0.5, 0.6) is 0 Å². The number of carbonyl (C=O) groups is 1. The molecule has 200 valence electrons. The van der Waals surface area contributed by atoms with Gasteiger partial charge in [-0.1, -0.05) is 84.1 Å². The highest BCUT2D eigenvalue weighted by Gasteiger charge is 2.50. The molecule has 0 aromatic rings. The Morgan fingerprint density at radius 1 is 1.19 bits per heavy atom. The summed E-state index contributed by atoms with van der Waals surface area (Å²) in [5.41, 5.74) is 4.66. The number of methoxy groups -OCH3 is 1. The minimum atomic E-state index is -0.231. The molecule has 0 N–H and O–H groups in total. The lowest BCUT2D eigenvalue weighted by Gasteiger charge is -2.44. The number of carbonyl (C=O) groups excluding carboxylic acids is 1. The fraction of sp³-hybridized carbons (Fsp3) is 0.676. The van der Waals surface area contributed by atoms with E-state index >= 15 is 0 Å². The molecule has 36 heavy (non-hydrogen) atoms. The van der Waals surface area contributed by atoms with Crippen LogP contribution >= 0.6 is 0 Å². The van der Waals surface area contributed by atoms with Gasteiger partial charge in [-0.05, 0) is 104 Å². The van der Waals surface area contributed by atoms with E-state index in [2.05, 4.69) is 72.4 Å². The first-order chi connectivity index (χ1) is 16.9. The first-order valence-electron chi connectivity index (χ1n) is 14.4. The SMILES string of the molecule is C=C1/C(=C\C=C2/CCC[C@@]3(C)C2CCC3[C@H](C)/C=C/C(OC)C(C)(C)/C=C/C(C)=O)C[C@@H](C)C[C@@H]1C. The molecule has 7 atom stereocenters. The molecule has 0 aromatic heterocycles. The van der Waals surface area contributed by atoms with Gasteiger partial charge in [0.1, 0.15) is 0 Å². The van der Waals surface area contributed by atoms with Crippen molar-refractivity contribution in [2.45, 2.75) is 99.5 Å². The number of hydrogen-bond acceptors (Lipinski definition) is 2. The second-order valence-corrected chi connectivity index (χ2v) is 13.2. The molecule has 3 rings (SSSR count). The molecule has 3 aliphatic carbocycles. The van der Waals surface area contributed by atoms with Crippen LogP contribution < -0.4 is 0 Å². The molecular weight excluding hydrogens is 440 g/mol. The van der Waals surface area contributed by atoms with Gasteiger partial charge >= 0.3 is 0 Å². The Hall–Kier alpha value is -1.67. The normalized spacial score (nSPS) is 35.6. The summed E-state index contributed by atoms with van der Waals surface area (Å²) in [5, 5.41) is 0. The average Bonchev–Trinajstić information content (AvgIpc) is 3.17. The number of rotatable bonds is 8. The van der Waals surface area contributed by atoms with E-state index < -0.39 is 0 Å². The van der Waals surface area contributed by atoms with E-state index in [-0.39, 0.29) is 17.3 Å². The maximum atomic E-state index is 11.5. The number of fused-ring (bicyclic) bond motifs is 1. The highest BCUT2D eigenvalue weighted by molar-refractivity contribution is 5.87. The van der Waals surface area contributed by atoms with Crippen molar-refractivity contribution in [3.63, 3.8) is 0 Å². The molecule has 3 saturated carbocycles. The zero-order valence-corrected chi connectivity index (χ0v) is 24.4. The van der Waals surface area contributed by atoms with Gasteiger partial charge in [0.2, 0.25) is 0 Å². The highest BCUT2D eigenvalue weighted by atomic mass is 16.5. The third kappa shape index (κ3) is 6.42. The Morgan fingerprint density at radius 2 is 1.92 bits per heavy atom. The summed E-state index contributed by atoms with van der Waals surface area (Å²) in [6.07, 6.45) is 22.1. The number of allylic oxidation sites excluding steroid dienone is 7. The van der Waals surface area contributed by atoms with Crippen LogP contribution in [-0.4, -0.2) is 19.0 Å². The van der Waals surface area contributed by atoms with Gasteiger partial charge in [0.15, 0.2) is 5.78 Å². The summed E-state index contributed by atoms with van der Waals surface area (Å²) >= 11 is 0. The zero-order valence-electron chi connectivity index (χ0n) is 24.4. The number of ketones is 1. The van der Waals surface area contributed by atoms with Crippen LogP contribution in [0.3, 0.4) is 0 Å². The molecule has 2 heteroatoms. The third-order valence-electron chi connectivity index (χ3n) is 9.83. The van der Waals surface area contributed by atoms with Crippen molar-refractivity contribution >= 4 is 5.78 Å². The van der Waals surface area contributed by atoms with Crippen molar-refractivity contribution in [1.29, 1.82) is 0 Å². The van der Waals surface area contributed by atoms with Gasteiger partial charge in [-0.25, -0.2) is 0 Å². The summed E-state index contributed by atoms with van der Waals surface area (Å²) in [7, 11) is 1.77. The molecule has 0 radical (unpaired) electrons. The summed E-state index contributed by atoms with van der Waals surface area (Å²) < 4.78 is 5.85. The predicted octanol–water partition coefficient (Wildman–Crippen LogP) is 9.06. The summed E-state index contributed by atoms with van der Waals surface area (Å²) in [6, 6.07) is 0. The largest absolute Gasteiger partial charge is 0.377 e. The number of hydrogen-bond donors (Lipinski definition) is 0. The van der Waals surface area contributed by atoms with Crippen LogP contribution in [0.2, 0.25) is 0 Å². The third-order valence-corrected chi connectivity index (χ3v) is 9.83. The molecule has 3 unspecified atom stereocenters. The minimum Gasteiger partial charge on any atom is -0.377 e. The van der Waals surface area contributed by atoms with E-state index in [1.165, 1.54) is 56.1 Å². The molecule has 3 aliphatic rings. The van der Waals surface area contributed by atoms with Gasteiger partial charge in [0.05, 0.1) is 6.10 Å². The van der Waals surface area contributed by atoms with Gasteiger partial charge in [-0.3, -0.25) is 4.79 Å². The molecule has 0 spiro atoms. The first kappa shape index (κ1) is 28.9. The summed E-state index contributed by atoms with van der Waals surface area (Å²) in [6.45, 7) is 20.0. The van der Waals surface area contributed by atoms with E-state index in [0.29, 0.717) is 29.1 Å². The molecule has 3 fully saturated rings. The van der Waals surface area contributed by atoms with Crippen molar-refractivity contribution in [2.24, 2.45) is 40.4 Å². The van der Waals surface area contributed by atoms with E-state index in [1.54, 1.807) is 25.7 Å². The Bertz CT molecular complexity index is 929. The lowest BCUT2D eigenvalue weighted by atomic mass is 9.61. The Kier molecular flexibility index (Phi) is 9.47. The van der Waals surface area contributed by atoms with Crippen LogP contribution in [0.4, 0.5) is 0 Å². The van der Waals surface area contributed by atoms with Crippen molar-refractivity contribution < 1.29 is 9.53 Å². The predicted molar refractivity (Wildman–Crippen MR) is 154 cm³/mol. The topological polar surface area (TPSA) is 26.3 Å². The lowest BCUT2D eigenvalue weighted by molar-refractivity contribution is -0.112. The Labute approximate surface area is 222 Å². The minimum absolute atomic E-state index is 0.0534. The van der Waals surface area contributed by atoms with E-state index in [9.17, 15) is 4.79 Å². The van der Waals surface area contributed by atoms with E-state index in [4.69, 9.17) is 4.74 Å².